The molecule has 156 valence electrons. The summed E-state index contributed by atoms with van der Waals surface area (Å²) in [5.74, 6) is -0.472. The molecule has 0 unspecified atom stereocenters. The van der Waals surface area contributed by atoms with Crippen molar-refractivity contribution in [2.75, 3.05) is 5.32 Å². The van der Waals surface area contributed by atoms with Crippen LogP contribution in [-0.4, -0.2) is 5.91 Å². The standard InChI is InChI=1S/C25H20ClFN2O2/c1-16-6-7-17(2)23(10-16)29-25(30)20(14-28)12-19-13-21(26)8-9-24(19)31-15-18-4-3-5-22(27)11-18/h3-13H,15H2,1-2H3,(H,29,30)/b20-12+. The highest BCUT2D eigenvalue weighted by atomic mass is 35.5. The molecule has 0 aromatic heterocycles. The maximum atomic E-state index is 13.4. The van der Waals surface area contributed by atoms with Crippen LogP contribution < -0.4 is 10.1 Å². The monoisotopic (exact) mass is 434 g/mol. The van der Waals surface area contributed by atoms with Gasteiger partial charge in [0, 0.05) is 16.3 Å². The number of benzene rings is 3. The first kappa shape index (κ1) is 22.1. The van der Waals surface area contributed by atoms with Crippen LogP contribution in [0.25, 0.3) is 6.08 Å². The number of halogens is 2. The maximum absolute atomic E-state index is 13.4. The van der Waals surface area contributed by atoms with Crippen LogP contribution in [0.2, 0.25) is 5.02 Å². The van der Waals surface area contributed by atoms with Crippen molar-refractivity contribution < 1.29 is 13.9 Å². The lowest BCUT2D eigenvalue weighted by atomic mass is 10.1. The molecule has 4 nitrogen and oxygen atoms in total. The molecule has 1 N–H and O–H groups in total. The highest BCUT2D eigenvalue weighted by Gasteiger charge is 2.13. The number of amides is 1. The number of hydrogen-bond donors (Lipinski definition) is 1. The molecular formula is C25H20ClFN2O2. The van der Waals surface area contributed by atoms with Crippen molar-refractivity contribution in [3.8, 4) is 11.8 Å². The number of rotatable bonds is 6. The third kappa shape index (κ3) is 5.94. The fourth-order valence-electron chi connectivity index (χ4n) is 2.92. The second kappa shape index (κ2) is 9.92. The fourth-order valence-corrected chi connectivity index (χ4v) is 3.10. The molecule has 0 spiro atoms. The Labute approximate surface area is 185 Å². The summed E-state index contributed by atoms with van der Waals surface area (Å²) in [5, 5.41) is 12.8. The zero-order chi connectivity index (χ0) is 22.4. The lowest BCUT2D eigenvalue weighted by Crippen LogP contribution is -2.14. The van der Waals surface area contributed by atoms with E-state index in [4.69, 9.17) is 16.3 Å². The van der Waals surface area contributed by atoms with E-state index in [2.05, 4.69) is 5.32 Å². The molecule has 0 aliphatic heterocycles. The first-order valence-corrected chi connectivity index (χ1v) is 9.90. The van der Waals surface area contributed by atoms with Gasteiger partial charge in [-0.05, 0) is 73.0 Å². The number of carbonyl (C=O) groups excluding carboxylic acids is 1. The van der Waals surface area contributed by atoms with Gasteiger partial charge in [0.15, 0.2) is 0 Å². The minimum atomic E-state index is -0.535. The summed E-state index contributed by atoms with van der Waals surface area (Å²) < 4.78 is 19.2. The highest BCUT2D eigenvalue weighted by molar-refractivity contribution is 6.30. The second-order valence-corrected chi connectivity index (χ2v) is 7.48. The normalized spacial score (nSPS) is 11.0. The summed E-state index contributed by atoms with van der Waals surface area (Å²) in [6, 6.07) is 18.6. The van der Waals surface area contributed by atoms with E-state index in [9.17, 15) is 14.4 Å². The van der Waals surface area contributed by atoms with Crippen LogP contribution in [0.15, 0.2) is 66.2 Å². The van der Waals surface area contributed by atoms with Gasteiger partial charge in [-0.15, -0.1) is 0 Å². The van der Waals surface area contributed by atoms with E-state index in [0.29, 0.717) is 27.6 Å². The van der Waals surface area contributed by atoms with Gasteiger partial charge in [-0.25, -0.2) is 4.39 Å². The highest BCUT2D eigenvalue weighted by Crippen LogP contribution is 2.27. The van der Waals surface area contributed by atoms with E-state index < -0.39 is 5.91 Å². The summed E-state index contributed by atoms with van der Waals surface area (Å²) in [6.07, 6.45) is 1.42. The van der Waals surface area contributed by atoms with Crippen molar-refractivity contribution >= 4 is 29.3 Å². The number of nitriles is 1. The fraction of sp³-hybridized carbons (Fsp3) is 0.120. The lowest BCUT2D eigenvalue weighted by molar-refractivity contribution is -0.112. The van der Waals surface area contributed by atoms with E-state index in [1.165, 1.54) is 18.2 Å². The second-order valence-electron chi connectivity index (χ2n) is 7.04. The molecule has 0 bridgehead atoms. The number of aryl methyl sites for hydroxylation is 2. The van der Waals surface area contributed by atoms with Gasteiger partial charge < -0.3 is 10.1 Å². The molecule has 0 atom stereocenters. The predicted molar refractivity (Wildman–Crippen MR) is 120 cm³/mol. The number of ether oxygens (including phenoxy) is 1. The van der Waals surface area contributed by atoms with Crippen molar-refractivity contribution in [3.05, 3.63) is 99.3 Å². The molecule has 3 aromatic carbocycles. The van der Waals surface area contributed by atoms with Gasteiger partial charge in [0.2, 0.25) is 0 Å². The van der Waals surface area contributed by atoms with E-state index in [-0.39, 0.29) is 18.0 Å². The Morgan fingerprint density at radius 2 is 1.97 bits per heavy atom. The molecule has 3 aromatic rings. The van der Waals surface area contributed by atoms with Crippen LogP contribution in [-0.2, 0) is 11.4 Å². The molecule has 0 aliphatic rings. The minimum Gasteiger partial charge on any atom is -0.488 e. The third-order valence-electron chi connectivity index (χ3n) is 4.56. The van der Waals surface area contributed by atoms with Crippen molar-refractivity contribution in [3.63, 3.8) is 0 Å². The summed E-state index contributed by atoms with van der Waals surface area (Å²) in [5.41, 5.74) is 3.54. The first-order chi connectivity index (χ1) is 14.9. The zero-order valence-electron chi connectivity index (χ0n) is 17.1. The average Bonchev–Trinajstić information content (AvgIpc) is 2.74. The Morgan fingerprint density at radius 1 is 1.16 bits per heavy atom. The molecule has 0 fully saturated rings. The van der Waals surface area contributed by atoms with Gasteiger partial charge in [-0.1, -0.05) is 35.9 Å². The minimum absolute atomic E-state index is 0.0984. The van der Waals surface area contributed by atoms with Crippen molar-refractivity contribution in [1.82, 2.24) is 0 Å². The zero-order valence-corrected chi connectivity index (χ0v) is 17.8. The Hall–Kier alpha value is -3.62. The summed E-state index contributed by atoms with van der Waals surface area (Å²) in [6.45, 7) is 3.92. The molecule has 3 rings (SSSR count). The molecule has 1 amide bonds. The number of nitrogens with zero attached hydrogens (tertiary/aromatic N) is 1. The Balaban J connectivity index is 1.85. The predicted octanol–water partition coefficient (Wildman–Crippen LogP) is 6.22. The van der Waals surface area contributed by atoms with E-state index in [1.54, 1.807) is 30.3 Å². The van der Waals surface area contributed by atoms with Crippen LogP contribution >= 0.6 is 11.6 Å². The number of nitrogens with one attached hydrogen (secondary N) is 1. The SMILES string of the molecule is Cc1ccc(C)c(NC(=O)/C(C#N)=C/c2cc(Cl)ccc2OCc2cccc(F)c2)c1. The van der Waals surface area contributed by atoms with Gasteiger partial charge in [-0.3, -0.25) is 4.79 Å². The molecule has 0 saturated heterocycles. The number of anilines is 1. The smallest absolute Gasteiger partial charge is 0.266 e. The van der Waals surface area contributed by atoms with Gasteiger partial charge in [-0.2, -0.15) is 5.26 Å². The number of hydrogen-bond acceptors (Lipinski definition) is 3. The van der Waals surface area contributed by atoms with Crippen LogP contribution in [0.3, 0.4) is 0 Å². The molecule has 0 aliphatic carbocycles. The quantitative estimate of drug-likeness (QED) is 0.370. The van der Waals surface area contributed by atoms with Crippen LogP contribution in [0.5, 0.6) is 5.75 Å². The van der Waals surface area contributed by atoms with Gasteiger partial charge in [0.1, 0.15) is 29.8 Å². The van der Waals surface area contributed by atoms with E-state index in [1.807, 2.05) is 38.1 Å². The molecule has 6 heteroatoms. The van der Waals surface area contributed by atoms with Gasteiger partial charge in [0.25, 0.3) is 5.91 Å². The topological polar surface area (TPSA) is 62.1 Å². The Morgan fingerprint density at radius 3 is 2.71 bits per heavy atom. The van der Waals surface area contributed by atoms with Crippen molar-refractivity contribution in [2.45, 2.75) is 20.5 Å². The van der Waals surface area contributed by atoms with Gasteiger partial charge in [0.05, 0.1) is 0 Å². The summed E-state index contributed by atoms with van der Waals surface area (Å²) in [7, 11) is 0. The van der Waals surface area contributed by atoms with Crippen LogP contribution in [0.1, 0.15) is 22.3 Å². The summed E-state index contributed by atoms with van der Waals surface area (Å²) in [4.78, 5) is 12.7. The summed E-state index contributed by atoms with van der Waals surface area (Å²) >= 11 is 6.11. The van der Waals surface area contributed by atoms with Crippen LogP contribution in [0.4, 0.5) is 10.1 Å². The average molecular weight is 435 g/mol. The largest absolute Gasteiger partial charge is 0.488 e. The van der Waals surface area contributed by atoms with Gasteiger partial charge >= 0.3 is 0 Å². The Bertz CT molecular complexity index is 1200. The van der Waals surface area contributed by atoms with E-state index >= 15 is 0 Å². The van der Waals surface area contributed by atoms with E-state index in [0.717, 1.165) is 11.1 Å². The first-order valence-electron chi connectivity index (χ1n) is 9.53. The molecule has 0 radical (unpaired) electrons. The molecule has 0 heterocycles. The third-order valence-corrected chi connectivity index (χ3v) is 4.80. The molecule has 31 heavy (non-hydrogen) atoms. The molecule has 0 saturated carbocycles. The van der Waals surface area contributed by atoms with Crippen molar-refractivity contribution in [1.29, 1.82) is 5.26 Å². The lowest BCUT2D eigenvalue weighted by Gasteiger charge is -2.11. The molecular weight excluding hydrogens is 415 g/mol. The maximum Gasteiger partial charge on any atom is 0.266 e. The number of carbonyl (C=O) groups is 1. The van der Waals surface area contributed by atoms with Crippen LogP contribution in [0, 0.1) is 31.0 Å². The Kier molecular flexibility index (Phi) is 7.07. The van der Waals surface area contributed by atoms with Crippen molar-refractivity contribution in [2.24, 2.45) is 0 Å².